The Hall–Kier alpha value is -4.10. The predicted octanol–water partition coefficient (Wildman–Crippen LogP) is 7.09. The molecule has 2 unspecified atom stereocenters. The van der Waals surface area contributed by atoms with E-state index in [0.29, 0.717) is 28.5 Å². The van der Waals surface area contributed by atoms with Gasteiger partial charge in [0.2, 0.25) is 0 Å². The zero-order valence-corrected chi connectivity index (χ0v) is 20.2. The number of carbonyl (C=O) groups excluding carboxylic acids is 1. The van der Waals surface area contributed by atoms with Crippen LogP contribution in [0.5, 0.6) is 0 Å². The molecule has 0 radical (unpaired) electrons. The Kier molecular flexibility index (Phi) is 6.48. The Morgan fingerprint density at radius 3 is 2.56 bits per heavy atom. The van der Waals surface area contributed by atoms with Crippen LogP contribution < -0.4 is 5.32 Å². The second-order valence-corrected chi connectivity index (χ2v) is 9.09. The van der Waals surface area contributed by atoms with Gasteiger partial charge in [0, 0.05) is 16.1 Å². The number of nitrogens with zero attached hydrogens (tertiary/aromatic N) is 1. The van der Waals surface area contributed by atoms with E-state index >= 15 is 0 Å². The van der Waals surface area contributed by atoms with Gasteiger partial charge in [0.25, 0.3) is 0 Å². The molecule has 0 saturated heterocycles. The third kappa shape index (κ3) is 4.70. The number of carboxylic acids is 1. The maximum Gasteiger partial charge on any atom is 0.412 e. The van der Waals surface area contributed by atoms with E-state index in [2.05, 4.69) is 16.5 Å². The lowest BCUT2D eigenvalue weighted by Crippen LogP contribution is -2.16. The highest BCUT2D eigenvalue weighted by Gasteiger charge is 2.28. The fraction of sp³-hybridized carbons (Fsp3) is 0.179. The van der Waals surface area contributed by atoms with Gasteiger partial charge >= 0.3 is 12.1 Å². The summed E-state index contributed by atoms with van der Waals surface area (Å²) in [5.74, 6) is -0.792. The average Bonchev–Trinajstić information content (AvgIpc) is 3.51. The zero-order chi connectivity index (χ0) is 25.2. The molecule has 1 aliphatic rings. The van der Waals surface area contributed by atoms with Gasteiger partial charge in [-0.3, -0.25) is 10.1 Å². The van der Waals surface area contributed by atoms with Crippen molar-refractivity contribution >= 4 is 29.4 Å². The lowest BCUT2D eigenvalue weighted by Gasteiger charge is -2.15. The number of halogens is 1. The van der Waals surface area contributed by atoms with Crippen molar-refractivity contribution in [2.24, 2.45) is 0 Å². The minimum atomic E-state index is -0.774. The van der Waals surface area contributed by atoms with Crippen LogP contribution in [0.1, 0.15) is 42.1 Å². The first kappa shape index (κ1) is 23.6. The van der Waals surface area contributed by atoms with Crippen molar-refractivity contribution < 1.29 is 24.0 Å². The number of rotatable bonds is 6. The van der Waals surface area contributed by atoms with Crippen molar-refractivity contribution in [1.29, 1.82) is 0 Å². The van der Waals surface area contributed by atoms with Gasteiger partial charge in [0.1, 0.15) is 11.8 Å². The second-order valence-electron chi connectivity index (χ2n) is 8.68. The number of carboxylic acid groups (broad SMARTS) is 1. The molecule has 2 N–H and O–H groups in total. The van der Waals surface area contributed by atoms with Crippen molar-refractivity contribution in [3.8, 4) is 22.5 Å². The van der Waals surface area contributed by atoms with Crippen LogP contribution in [0, 0.1) is 0 Å². The molecule has 7 nitrogen and oxygen atoms in total. The lowest BCUT2D eigenvalue weighted by atomic mass is 9.96. The summed E-state index contributed by atoms with van der Waals surface area (Å²) in [4.78, 5) is 23.9. The lowest BCUT2D eigenvalue weighted by molar-refractivity contribution is -0.138. The van der Waals surface area contributed by atoms with E-state index in [9.17, 15) is 14.7 Å². The number of fused-ring (bicyclic) bond motifs is 1. The number of aliphatic carboxylic acids is 1. The average molecular weight is 503 g/mol. The third-order valence-electron chi connectivity index (χ3n) is 6.43. The van der Waals surface area contributed by atoms with E-state index in [0.717, 1.165) is 34.2 Å². The van der Waals surface area contributed by atoms with Gasteiger partial charge in [-0.25, -0.2) is 4.79 Å². The van der Waals surface area contributed by atoms with Gasteiger partial charge in [-0.1, -0.05) is 77.4 Å². The Labute approximate surface area is 212 Å². The number of aromatic nitrogens is 1. The van der Waals surface area contributed by atoms with E-state index in [-0.39, 0.29) is 0 Å². The van der Waals surface area contributed by atoms with Crippen molar-refractivity contribution in [2.75, 3.05) is 5.32 Å². The summed E-state index contributed by atoms with van der Waals surface area (Å²) >= 11 is 6.19. The molecule has 1 aromatic heterocycles. The van der Waals surface area contributed by atoms with Crippen LogP contribution in [-0.4, -0.2) is 22.3 Å². The Balaban J connectivity index is 1.29. The van der Waals surface area contributed by atoms with Crippen LogP contribution in [0.4, 0.5) is 10.5 Å². The third-order valence-corrected chi connectivity index (χ3v) is 6.78. The summed E-state index contributed by atoms with van der Waals surface area (Å²) in [5, 5.41) is 16.4. The van der Waals surface area contributed by atoms with E-state index in [1.165, 1.54) is 6.20 Å². The van der Waals surface area contributed by atoms with Gasteiger partial charge in [0.15, 0.2) is 5.76 Å². The van der Waals surface area contributed by atoms with Crippen molar-refractivity contribution in [3.63, 3.8) is 0 Å². The molecule has 36 heavy (non-hydrogen) atoms. The van der Waals surface area contributed by atoms with Gasteiger partial charge in [-0.15, -0.1) is 0 Å². The fourth-order valence-corrected chi connectivity index (χ4v) is 4.86. The Bertz CT molecular complexity index is 1430. The highest BCUT2D eigenvalue weighted by Crippen LogP contribution is 2.37. The molecule has 8 heteroatoms. The zero-order valence-electron chi connectivity index (χ0n) is 19.4. The second kappa shape index (κ2) is 9.87. The number of anilines is 1. The SMILES string of the molecule is CC(OC(=O)Nc1cnoc1-c1ccc(-c2ccc3c(c2)CCC3C(=O)O)cc1)c1ccccc1Cl. The molecule has 0 aliphatic heterocycles. The van der Waals surface area contributed by atoms with E-state index in [1.54, 1.807) is 19.1 Å². The topological polar surface area (TPSA) is 102 Å². The van der Waals surface area contributed by atoms with Crippen molar-refractivity contribution in [2.45, 2.75) is 31.8 Å². The van der Waals surface area contributed by atoms with Crippen LogP contribution in [0.25, 0.3) is 22.5 Å². The molecule has 3 aromatic carbocycles. The van der Waals surface area contributed by atoms with Gasteiger partial charge in [-0.2, -0.15) is 0 Å². The summed E-state index contributed by atoms with van der Waals surface area (Å²) < 4.78 is 10.9. The first-order valence-corrected chi connectivity index (χ1v) is 11.9. The number of amides is 1. The molecule has 0 spiro atoms. The number of aryl methyl sites for hydroxylation is 1. The number of ether oxygens (including phenoxy) is 1. The molecule has 2 atom stereocenters. The van der Waals surface area contributed by atoms with E-state index in [1.807, 2.05) is 48.5 Å². The summed E-state index contributed by atoms with van der Waals surface area (Å²) in [6.45, 7) is 1.74. The smallest absolute Gasteiger partial charge is 0.412 e. The van der Waals surface area contributed by atoms with Crippen molar-refractivity contribution in [1.82, 2.24) is 5.16 Å². The predicted molar refractivity (Wildman–Crippen MR) is 136 cm³/mol. The Morgan fingerprint density at radius 2 is 1.81 bits per heavy atom. The highest BCUT2D eigenvalue weighted by molar-refractivity contribution is 6.31. The number of benzene rings is 3. The van der Waals surface area contributed by atoms with Crippen LogP contribution in [0.2, 0.25) is 5.02 Å². The van der Waals surface area contributed by atoms with Gasteiger partial charge in [0.05, 0.1) is 12.1 Å². The molecule has 0 bridgehead atoms. The van der Waals surface area contributed by atoms with Crippen LogP contribution in [0.3, 0.4) is 0 Å². The number of hydrogen-bond acceptors (Lipinski definition) is 5. The summed E-state index contributed by atoms with van der Waals surface area (Å²) in [7, 11) is 0. The first-order chi connectivity index (χ1) is 17.4. The Morgan fingerprint density at radius 1 is 1.08 bits per heavy atom. The number of nitrogens with one attached hydrogen (secondary N) is 1. The fourth-order valence-electron chi connectivity index (χ4n) is 4.57. The van der Waals surface area contributed by atoms with E-state index < -0.39 is 24.1 Å². The molecule has 0 fully saturated rings. The van der Waals surface area contributed by atoms with Crippen LogP contribution in [-0.2, 0) is 16.0 Å². The molecule has 1 heterocycles. The molecule has 1 aliphatic carbocycles. The quantitative estimate of drug-likeness (QED) is 0.292. The van der Waals surface area contributed by atoms with E-state index in [4.69, 9.17) is 20.9 Å². The molecule has 182 valence electrons. The molecular weight excluding hydrogens is 480 g/mol. The minimum absolute atomic E-state index is 0.386. The summed E-state index contributed by atoms with van der Waals surface area (Å²) in [5.41, 5.74) is 5.81. The van der Waals surface area contributed by atoms with Crippen LogP contribution >= 0.6 is 11.6 Å². The molecule has 4 aromatic rings. The minimum Gasteiger partial charge on any atom is -0.481 e. The molecule has 1 amide bonds. The number of carbonyl (C=O) groups is 2. The maximum atomic E-state index is 12.5. The highest BCUT2D eigenvalue weighted by atomic mass is 35.5. The molecule has 5 rings (SSSR count). The van der Waals surface area contributed by atoms with Crippen LogP contribution in [0.15, 0.2) is 77.4 Å². The first-order valence-electron chi connectivity index (χ1n) is 11.5. The summed E-state index contributed by atoms with van der Waals surface area (Å²) in [6.07, 6.45) is 1.62. The van der Waals surface area contributed by atoms with Crippen molar-refractivity contribution in [3.05, 3.63) is 94.6 Å². The standard InChI is InChI=1S/C28H23ClN2O5/c1-16(21-4-2-3-5-24(21)29)35-28(34)31-25-15-30-36-26(25)18-8-6-17(7-9-18)19-10-12-22-20(14-19)11-13-23(22)27(32)33/h2-10,12,14-16,23H,11,13H2,1H3,(H,31,34)(H,32,33). The molecular formula is C28H23ClN2O5. The molecule has 0 saturated carbocycles. The number of hydrogen-bond donors (Lipinski definition) is 2. The maximum absolute atomic E-state index is 12.5. The van der Waals surface area contributed by atoms with Gasteiger partial charge in [-0.05, 0) is 48.1 Å². The summed E-state index contributed by atoms with van der Waals surface area (Å²) in [6, 6.07) is 20.8. The van der Waals surface area contributed by atoms with Gasteiger partial charge < -0.3 is 14.4 Å². The largest absolute Gasteiger partial charge is 0.481 e. The normalized spacial score (nSPS) is 15.2. The monoisotopic (exact) mass is 502 g/mol.